The second-order valence-electron chi connectivity index (χ2n) is 2.82. The maximum absolute atomic E-state index is 11.2. The van der Waals surface area contributed by atoms with Crippen LogP contribution in [0.3, 0.4) is 0 Å². The second-order valence-corrected chi connectivity index (χ2v) is 4.43. The van der Waals surface area contributed by atoms with Gasteiger partial charge in [-0.05, 0) is 6.08 Å². The van der Waals surface area contributed by atoms with Crippen molar-refractivity contribution < 1.29 is 24.0 Å². The average molecular weight is 248 g/mol. The summed E-state index contributed by atoms with van der Waals surface area (Å²) < 4.78 is 15.4. The molecule has 1 unspecified atom stereocenters. The molecule has 0 saturated heterocycles. The monoisotopic (exact) mass is 248 g/mol. The van der Waals surface area contributed by atoms with Gasteiger partial charge >= 0.3 is 13.8 Å². The first-order valence-electron chi connectivity index (χ1n) is 4.66. The molecule has 0 aromatic carbocycles. The fraction of sp³-hybridized carbons (Fsp3) is 0.556. The van der Waals surface area contributed by atoms with Gasteiger partial charge in [-0.1, -0.05) is 11.5 Å². The zero-order valence-electron chi connectivity index (χ0n) is 9.23. The van der Waals surface area contributed by atoms with Gasteiger partial charge in [0.25, 0.3) is 0 Å². The molecule has 0 aliphatic heterocycles. The summed E-state index contributed by atoms with van der Waals surface area (Å²) in [5.41, 5.74) is -0.0499. The van der Waals surface area contributed by atoms with Crippen molar-refractivity contribution in [2.24, 2.45) is 0 Å². The fourth-order valence-corrected chi connectivity index (χ4v) is 1.29. The van der Waals surface area contributed by atoms with Gasteiger partial charge < -0.3 is 15.2 Å². The normalized spacial score (nSPS) is 11.9. The van der Waals surface area contributed by atoms with E-state index in [9.17, 15) is 14.2 Å². The third-order valence-electron chi connectivity index (χ3n) is 1.66. The van der Waals surface area contributed by atoms with E-state index in [1.54, 1.807) is 6.92 Å². The minimum Gasteiger partial charge on any atom is -0.464 e. The maximum atomic E-state index is 11.2. The molecule has 16 heavy (non-hydrogen) atoms. The summed E-state index contributed by atoms with van der Waals surface area (Å²) in [6.07, 6.45) is 1.07. The van der Waals surface area contributed by atoms with Gasteiger partial charge in [0.2, 0.25) is 12.3 Å². The summed E-state index contributed by atoms with van der Waals surface area (Å²) in [4.78, 5) is 22.3. The molecule has 0 aromatic heterocycles. The molecule has 0 radical (unpaired) electrons. The van der Waals surface area contributed by atoms with E-state index in [0.717, 1.165) is 0 Å². The van der Waals surface area contributed by atoms with Crippen LogP contribution in [-0.2, 0) is 18.9 Å². The predicted octanol–water partition coefficient (Wildman–Crippen LogP) is 0.347. The van der Waals surface area contributed by atoms with Gasteiger partial charge in [0.15, 0.2) is 6.16 Å². The van der Waals surface area contributed by atoms with Crippen LogP contribution >= 0.6 is 7.80 Å². The first-order chi connectivity index (χ1) is 7.54. The van der Waals surface area contributed by atoms with Crippen molar-refractivity contribution in [2.75, 3.05) is 19.6 Å². The topological polar surface area (TPSA) is 92.7 Å². The highest BCUT2D eigenvalue weighted by Crippen LogP contribution is 2.18. The van der Waals surface area contributed by atoms with E-state index in [1.165, 1.54) is 13.2 Å². The van der Waals surface area contributed by atoms with E-state index in [4.69, 9.17) is 5.11 Å². The molecule has 0 bridgehead atoms. The molecular formula is C9H15NO5P+. The molecule has 90 valence electrons. The predicted molar refractivity (Wildman–Crippen MR) is 58.1 cm³/mol. The van der Waals surface area contributed by atoms with Gasteiger partial charge in [0.05, 0.1) is 7.11 Å². The molecule has 0 rings (SSSR count). The van der Waals surface area contributed by atoms with E-state index in [1.807, 2.05) is 0 Å². The molecule has 0 fully saturated rings. The molecule has 0 spiro atoms. The van der Waals surface area contributed by atoms with Crippen LogP contribution in [0.25, 0.3) is 0 Å². The Morgan fingerprint density at radius 1 is 1.50 bits per heavy atom. The zero-order valence-corrected chi connectivity index (χ0v) is 10.1. The minimum atomic E-state index is -1.80. The van der Waals surface area contributed by atoms with Gasteiger partial charge in [-0.15, -0.1) is 0 Å². The smallest absolute Gasteiger partial charge is 0.370 e. The molecular weight excluding hydrogens is 233 g/mol. The Balaban J connectivity index is 4.59. The molecule has 1 atom stereocenters. The Labute approximate surface area is 94.5 Å². The summed E-state index contributed by atoms with van der Waals surface area (Å²) in [5.74, 6) is -1.04. The maximum Gasteiger partial charge on any atom is 0.370 e. The summed E-state index contributed by atoms with van der Waals surface area (Å²) in [6, 6.07) is 0. The molecule has 0 aliphatic carbocycles. The van der Waals surface area contributed by atoms with Crippen LogP contribution in [0.5, 0.6) is 0 Å². The number of esters is 1. The minimum absolute atomic E-state index is 0.0141. The Morgan fingerprint density at radius 2 is 2.12 bits per heavy atom. The van der Waals surface area contributed by atoms with Crippen molar-refractivity contribution in [3.8, 4) is 0 Å². The summed E-state index contributed by atoms with van der Waals surface area (Å²) >= 11 is 0. The first-order valence-corrected chi connectivity index (χ1v) is 6.29. The van der Waals surface area contributed by atoms with Crippen LogP contribution in [0.1, 0.15) is 13.3 Å². The molecule has 6 nitrogen and oxygen atoms in total. The molecule has 0 saturated carbocycles. The van der Waals surface area contributed by atoms with E-state index >= 15 is 0 Å². The number of rotatable bonds is 6. The van der Waals surface area contributed by atoms with Crippen molar-refractivity contribution in [3.63, 3.8) is 0 Å². The Morgan fingerprint density at radius 3 is 2.56 bits per heavy atom. The number of allylic oxidation sites excluding steroid dienone is 1. The van der Waals surface area contributed by atoms with Gasteiger partial charge in [-0.2, -0.15) is 0 Å². The number of carbonyl (C=O) groups is 2. The van der Waals surface area contributed by atoms with E-state index in [2.05, 4.69) is 10.1 Å². The SMILES string of the molecule is CCC(=O)N/C(=C\C[P+](=O)CO)C(=O)OC. The molecule has 0 aromatic rings. The number of amides is 1. The van der Waals surface area contributed by atoms with Crippen LogP contribution in [0.4, 0.5) is 0 Å². The van der Waals surface area contributed by atoms with Crippen LogP contribution in [-0.4, -0.2) is 36.6 Å². The Kier molecular flexibility index (Phi) is 7.33. The lowest BCUT2D eigenvalue weighted by Gasteiger charge is -2.05. The largest absolute Gasteiger partial charge is 0.464 e. The van der Waals surface area contributed by atoms with E-state index in [0.29, 0.717) is 0 Å². The third-order valence-corrected chi connectivity index (χ3v) is 2.56. The lowest BCUT2D eigenvalue weighted by Crippen LogP contribution is -2.27. The van der Waals surface area contributed by atoms with E-state index in [-0.39, 0.29) is 24.2 Å². The number of aliphatic hydroxyl groups is 1. The third kappa shape index (κ3) is 5.58. The lowest BCUT2D eigenvalue weighted by molar-refractivity contribution is -0.137. The van der Waals surface area contributed by atoms with Crippen molar-refractivity contribution in [1.82, 2.24) is 5.32 Å². The van der Waals surface area contributed by atoms with Crippen molar-refractivity contribution in [3.05, 3.63) is 11.8 Å². The Hall–Kier alpha value is -1.26. The summed E-state index contributed by atoms with van der Waals surface area (Å²) in [6.45, 7) is 1.64. The number of methoxy groups -OCH3 is 1. The van der Waals surface area contributed by atoms with Crippen LogP contribution in [0, 0.1) is 0 Å². The highest BCUT2D eigenvalue weighted by molar-refractivity contribution is 7.44. The van der Waals surface area contributed by atoms with Gasteiger partial charge in [0.1, 0.15) is 5.70 Å². The molecule has 1 amide bonds. The number of nitrogens with one attached hydrogen (secondary N) is 1. The van der Waals surface area contributed by atoms with Crippen molar-refractivity contribution in [2.45, 2.75) is 13.3 Å². The lowest BCUT2D eigenvalue weighted by atomic mass is 10.3. The summed E-state index contributed by atoms with van der Waals surface area (Å²) in [5, 5.41) is 10.9. The number of carbonyl (C=O) groups excluding carboxylic acids is 2. The van der Waals surface area contributed by atoms with Crippen molar-refractivity contribution in [1.29, 1.82) is 0 Å². The van der Waals surface area contributed by atoms with Gasteiger partial charge in [-0.25, -0.2) is 4.79 Å². The number of hydrogen-bond acceptors (Lipinski definition) is 5. The molecule has 0 aliphatic rings. The highest BCUT2D eigenvalue weighted by atomic mass is 31.1. The second kappa shape index (κ2) is 7.96. The summed E-state index contributed by atoms with van der Waals surface area (Å²) in [7, 11) is -0.619. The highest BCUT2D eigenvalue weighted by Gasteiger charge is 2.16. The van der Waals surface area contributed by atoms with E-state index < -0.39 is 20.1 Å². The van der Waals surface area contributed by atoms with Crippen molar-refractivity contribution >= 4 is 19.7 Å². The fourth-order valence-electron chi connectivity index (χ4n) is 0.785. The number of hydrogen-bond donors (Lipinski definition) is 2. The number of ether oxygens (including phenoxy) is 1. The average Bonchev–Trinajstić information content (AvgIpc) is 2.32. The quantitative estimate of drug-likeness (QED) is 0.402. The van der Waals surface area contributed by atoms with Gasteiger partial charge in [-0.3, -0.25) is 4.79 Å². The standard InChI is InChI=1S/C9H14NO5P/c1-3-8(12)10-7(9(13)15-2)4-5-16(14)6-11/h4,11H,3,5-6H2,1-2H3/p+1/b7-4-. The number of aliphatic hydroxyl groups excluding tert-OH is 1. The van der Waals surface area contributed by atoms with Crippen LogP contribution < -0.4 is 5.32 Å². The van der Waals surface area contributed by atoms with Crippen LogP contribution in [0.2, 0.25) is 0 Å². The Bertz CT molecular complexity index is 313. The van der Waals surface area contributed by atoms with Crippen LogP contribution in [0.15, 0.2) is 11.8 Å². The molecule has 7 heteroatoms. The molecule has 0 heterocycles. The first kappa shape index (κ1) is 14.7. The van der Waals surface area contributed by atoms with Gasteiger partial charge in [0, 0.05) is 6.42 Å². The molecule has 2 N–H and O–H groups in total. The zero-order chi connectivity index (χ0) is 12.6.